The average Bonchev–Trinajstić information content (AvgIpc) is 2.56. The van der Waals surface area contributed by atoms with Crippen molar-refractivity contribution >= 4 is 0 Å². The number of hydrogen-bond donors (Lipinski definition) is 1. The van der Waals surface area contributed by atoms with Crippen LogP contribution in [-0.4, -0.2) is 6.54 Å². The number of nitrogens with one attached hydrogen (secondary N) is 1. The van der Waals surface area contributed by atoms with Gasteiger partial charge < -0.3 is 9.73 Å². The first-order valence-electron chi connectivity index (χ1n) is 3.98. The van der Waals surface area contributed by atoms with E-state index in [-0.39, 0.29) is 6.04 Å². The summed E-state index contributed by atoms with van der Waals surface area (Å²) >= 11 is 0. The van der Waals surface area contributed by atoms with E-state index in [1.54, 1.807) is 6.26 Å². The van der Waals surface area contributed by atoms with Crippen molar-refractivity contribution in [2.45, 2.75) is 19.4 Å². The summed E-state index contributed by atoms with van der Waals surface area (Å²) in [6, 6.07) is 6.04. The van der Waals surface area contributed by atoms with Crippen LogP contribution < -0.4 is 5.32 Å². The zero-order valence-electron chi connectivity index (χ0n) is 7.08. The summed E-state index contributed by atoms with van der Waals surface area (Å²) in [5, 5.41) is 11.5. The lowest BCUT2D eigenvalue weighted by atomic mass is 10.2. The molecule has 0 aliphatic heterocycles. The molecular weight excluding hydrogens is 152 g/mol. The molecule has 0 saturated carbocycles. The van der Waals surface area contributed by atoms with Crippen molar-refractivity contribution < 1.29 is 4.42 Å². The maximum absolute atomic E-state index is 8.30. The van der Waals surface area contributed by atoms with Crippen LogP contribution in [0.2, 0.25) is 0 Å². The second-order valence-electron chi connectivity index (χ2n) is 2.60. The van der Waals surface area contributed by atoms with Gasteiger partial charge in [0.1, 0.15) is 5.76 Å². The second-order valence-corrected chi connectivity index (χ2v) is 2.60. The number of hydrogen-bond acceptors (Lipinski definition) is 3. The first kappa shape index (κ1) is 8.82. The monoisotopic (exact) mass is 164 g/mol. The molecule has 12 heavy (non-hydrogen) atoms. The fourth-order valence-electron chi connectivity index (χ4n) is 0.983. The minimum atomic E-state index is 0.188. The number of nitrogens with zero attached hydrogens (tertiary/aromatic N) is 1. The Bertz CT molecular complexity index is 248. The third kappa shape index (κ3) is 2.40. The zero-order valence-corrected chi connectivity index (χ0v) is 7.08. The van der Waals surface area contributed by atoms with Crippen LogP contribution in [-0.2, 0) is 0 Å². The van der Waals surface area contributed by atoms with Crippen molar-refractivity contribution in [1.82, 2.24) is 5.32 Å². The smallest absolute Gasteiger partial charge is 0.120 e. The fourth-order valence-corrected chi connectivity index (χ4v) is 0.983. The van der Waals surface area contributed by atoms with E-state index in [1.807, 2.05) is 19.1 Å². The van der Waals surface area contributed by atoms with Crippen LogP contribution in [0, 0.1) is 11.3 Å². The van der Waals surface area contributed by atoms with E-state index in [0.717, 1.165) is 5.76 Å². The SMILES string of the molecule is C[C@H](NCCC#N)c1ccco1. The molecule has 0 aromatic carbocycles. The van der Waals surface area contributed by atoms with Gasteiger partial charge in [-0.1, -0.05) is 0 Å². The maximum Gasteiger partial charge on any atom is 0.120 e. The first-order chi connectivity index (χ1) is 5.84. The third-order valence-corrected chi connectivity index (χ3v) is 1.66. The van der Waals surface area contributed by atoms with E-state index in [9.17, 15) is 0 Å². The lowest BCUT2D eigenvalue weighted by Gasteiger charge is -2.08. The van der Waals surface area contributed by atoms with Crippen LogP contribution in [0.15, 0.2) is 22.8 Å². The maximum atomic E-state index is 8.30. The lowest BCUT2D eigenvalue weighted by Crippen LogP contribution is -2.18. The molecule has 0 aliphatic rings. The van der Waals surface area contributed by atoms with Gasteiger partial charge in [-0.3, -0.25) is 0 Å². The first-order valence-corrected chi connectivity index (χ1v) is 3.98. The highest BCUT2D eigenvalue weighted by Gasteiger charge is 2.05. The second kappa shape index (κ2) is 4.58. The molecule has 1 N–H and O–H groups in total. The van der Waals surface area contributed by atoms with E-state index in [0.29, 0.717) is 13.0 Å². The average molecular weight is 164 g/mol. The summed E-state index contributed by atoms with van der Waals surface area (Å²) in [5.74, 6) is 0.910. The largest absolute Gasteiger partial charge is 0.468 e. The van der Waals surface area contributed by atoms with Crippen LogP contribution >= 0.6 is 0 Å². The van der Waals surface area contributed by atoms with Crippen molar-refractivity contribution in [2.24, 2.45) is 0 Å². The molecule has 1 aromatic heterocycles. The molecule has 0 saturated heterocycles. The Morgan fingerprint density at radius 1 is 1.75 bits per heavy atom. The minimum Gasteiger partial charge on any atom is -0.468 e. The molecule has 0 bridgehead atoms. The van der Waals surface area contributed by atoms with Gasteiger partial charge in [-0.05, 0) is 19.1 Å². The molecule has 1 aromatic rings. The van der Waals surface area contributed by atoms with E-state index in [2.05, 4.69) is 11.4 Å². The molecule has 0 aliphatic carbocycles. The molecule has 0 spiro atoms. The molecule has 0 fully saturated rings. The highest BCUT2D eigenvalue weighted by Crippen LogP contribution is 2.11. The van der Waals surface area contributed by atoms with Gasteiger partial charge in [-0.15, -0.1) is 0 Å². The third-order valence-electron chi connectivity index (χ3n) is 1.66. The Hall–Kier alpha value is -1.27. The summed E-state index contributed by atoms with van der Waals surface area (Å²) in [4.78, 5) is 0. The molecule has 64 valence electrons. The highest BCUT2D eigenvalue weighted by molar-refractivity contribution is 5.02. The Morgan fingerprint density at radius 2 is 2.58 bits per heavy atom. The minimum absolute atomic E-state index is 0.188. The molecule has 0 unspecified atom stereocenters. The van der Waals surface area contributed by atoms with Crippen molar-refractivity contribution in [2.75, 3.05) is 6.54 Å². The predicted molar refractivity (Wildman–Crippen MR) is 45.4 cm³/mol. The fraction of sp³-hybridized carbons (Fsp3) is 0.444. The topological polar surface area (TPSA) is 49.0 Å². The van der Waals surface area contributed by atoms with Crippen molar-refractivity contribution in [3.63, 3.8) is 0 Å². The molecular formula is C9H12N2O. The Balaban J connectivity index is 2.30. The van der Waals surface area contributed by atoms with Gasteiger partial charge in [0.15, 0.2) is 0 Å². The summed E-state index contributed by atoms with van der Waals surface area (Å²) < 4.78 is 5.18. The van der Waals surface area contributed by atoms with Gasteiger partial charge in [-0.2, -0.15) is 5.26 Å². The molecule has 3 heteroatoms. The number of rotatable bonds is 4. The van der Waals surface area contributed by atoms with E-state index < -0.39 is 0 Å². The standard InChI is InChI=1S/C9H12N2O/c1-8(11-6-3-5-10)9-4-2-7-12-9/h2,4,7-8,11H,3,6H2,1H3/t8-/m0/s1. The van der Waals surface area contributed by atoms with Crippen molar-refractivity contribution in [1.29, 1.82) is 5.26 Å². The molecule has 1 rings (SSSR count). The number of furan rings is 1. The molecule has 0 amide bonds. The van der Waals surface area contributed by atoms with Crippen LogP contribution in [0.5, 0.6) is 0 Å². The molecule has 0 radical (unpaired) electrons. The van der Waals surface area contributed by atoms with Gasteiger partial charge in [0.2, 0.25) is 0 Å². The van der Waals surface area contributed by atoms with E-state index in [1.165, 1.54) is 0 Å². The van der Waals surface area contributed by atoms with Gasteiger partial charge >= 0.3 is 0 Å². The molecule has 3 nitrogen and oxygen atoms in total. The van der Waals surface area contributed by atoms with Crippen LogP contribution in [0.1, 0.15) is 25.1 Å². The van der Waals surface area contributed by atoms with Gasteiger partial charge in [-0.25, -0.2) is 0 Å². The Morgan fingerprint density at radius 3 is 3.17 bits per heavy atom. The van der Waals surface area contributed by atoms with Gasteiger partial charge in [0.05, 0.1) is 18.4 Å². The molecule has 1 atom stereocenters. The Labute approximate surface area is 72.0 Å². The highest BCUT2D eigenvalue weighted by atomic mass is 16.3. The predicted octanol–water partition coefficient (Wildman–Crippen LogP) is 1.84. The van der Waals surface area contributed by atoms with Crippen molar-refractivity contribution in [3.05, 3.63) is 24.2 Å². The summed E-state index contributed by atoms with van der Waals surface area (Å²) in [5.41, 5.74) is 0. The van der Waals surface area contributed by atoms with E-state index >= 15 is 0 Å². The van der Waals surface area contributed by atoms with Crippen molar-refractivity contribution in [3.8, 4) is 6.07 Å². The van der Waals surface area contributed by atoms with Crippen LogP contribution in [0.25, 0.3) is 0 Å². The van der Waals surface area contributed by atoms with E-state index in [4.69, 9.17) is 9.68 Å². The van der Waals surface area contributed by atoms with Crippen LogP contribution in [0.3, 0.4) is 0 Å². The lowest BCUT2D eigenvalue weighted by molar-refractivity contribution is 0.434. The summed E-state index contributed by atoms with van der Waals surface area (Å²) in [6.07, 6.45) is 2.18. The normalized spacial score (nSPS) is 12.3. The summed E-state index contributed by atoms with van der Waals surface area (Å²) in [7, 11) is 0. The van der Waals surface area contributed by atoms with Gasteiger partial charge in [0, 0.05) is 13.0 Å². The quantitative estimate of drug-likeness (QED) is 0.691. The zero-order chi connectivity index (χ0) is 8.81. The number of nitriles is 1. The Kier molecular flexibility index (Phi) is 3.36. The van der Waals surface area contributed by atoms with Crippen LogP contribution in [0.4, 0.5) is 0 Å². The van der Waals surface area contributed by atoms with Gasteiger partial charge in [0.25, 0.3) is 0 Å². The molecule has 1 heterocycles. The summed E-state index contributed by atoms with van der Waals surface area (Å²) in [6.45, 7) is 2.72.